The zero-order valence-corrected chi connectivity index (χ0v) is 25.3. The monoisotopic (exact) mass is 592 g/mol. The van der Waals surface area contributed by atoms with E-state index in [-0.39, 0.29) is 24.1 Å². The molecule has 1 N–H and O–H groups in total. The van der Waals surface area contributed by atoms with Gasteiger partial charge in [-0.2, -0.15) is 0 Å². The first-order valence-electron chi connectivity index (χ1n) is 15.8. The van der Waals surface area contributed by atoms with Gasteiger partial charge < -0.3 is 19.6 Å². The molecule has 2 aromatic carbocycles. The van der Waals surface area contributed by atoms with Crippen LogP contribution in [0.2, 0.25) is 0 Å². The number of aromatic carboxylic acids is 1. The molecule has 1 saturated heterocycles. The molecule has 8 nitrogen and oxygen atoms in total. The first-order chi connectivity index (χ1) is 21.5. The molecule has 1 aliphatic heterocycles. The molecule has 6 rings (SSSR count). The van der Waals surface area contributed by atoms with Crippen molar-refractivity contribution in [2.75, 3.05) is 37.7 Å². The minimum atomic E-state index is -0.968. The zero-order valence-electron chi connectivity index (χ0n) is 25.3. The number of aromatic nitrogens is 2. The van der Waals surface area contributed by atoms with Crippen LogP contribution in [0.25, 0.3) is 22.2 Å². The number of carbonyl (C=O) groups excluding carboxylic acids is 1. The van der Waals surface area contributed by atoms with Crippen molar-refractivity contribution in [1.82, 2.24) is 14.9 Å². The second-order valence-electron chi connectivity index (χ2n) is 12.0. The highest BCUT2D eigenvalue weighted by atomic mass is 16.5. The molecule has 1 saturated carbocycles. The van der Waals surface area contributed by atoms with Crippen molar-refractivity contribution in [3.8, 4) is 11.3 Å². The van der Waals surface area contributed by atoms with Crippen LogP contribution in [-0.4, -0.2) is 64.7 Å². The van der Waals surface area contributed by atoms with Gasteiger partial charge in [0, 0.05) is 42.1 Å². The van der Waals surface area contributed by atoms with E-state index in [0.29, 0.717) is 32.2 Å². The predicted molar refractivity (Wildman–Crippen MR) is 172 cm³/mol. The van der Waals surface area contributed by atoms with Gasteiger partial charge in [-0.15, -0.1) is 0 Å². The Morgan fingerprint density at radius 3 is 2.50 bits per heavy atom. The maximum Gasteiger partial charge on any atom is 0.335 e. The fraction of sp³-hybridized carbons (Fsp3) is 0.389. The van der Waals surface area contributed by atoms with Crippen LogP contribution in [0.3, 0.4) is 0 Å². The molecule has 1 aliphatic carbocycles. The molecule has 0 spiro atoms. The van der Waals surface area contributed by atoms with Crippen molar-refractivity contribution >= 4 is 28.5 Å². The Morgan fingerprint density at radius 1 is 0.977 bits per heavy atom. The molecule has 8 heteroatoms. The molecule has 1 amide bonds. The summed E-state index contributed by atoms with van der Waals surface area (Å²) in [7, 11) is 0. The number of carboxylic acid groups (broad SMARTS) is 1. The Kier molecular flexibility index (Phi) is 9.17. The molecule has 2 aliphatic rings. The van der Waals surface area contributed by atoms with Crippen LogP contribution in [0, 0.1) is 5.92 Å². The highest BCUT2D eigenvalue weighted by Gasteiger charge is 2.27. The number of pyridine rings is 2. The smallest absolute Gasteiger partial charge is 0.335 e. The van der Waals surface area contributed by atoms with Crippen LogP contribution in [0.1, 0.15) is 66.6 Å². The van der Waals surface area contributed by atoms with E-state index in [1.54, 1.807) is 24.5 Å². The summed E-state index contributed by atoms with van der Waals surface area (Å²) >= 11 is 0. The lowest BCUT2D eigenvalue weighted by molar-refractivity contribution is -0.133. The minimum Gasteiger partial charge on any atom is -0.478 e. The van der Waals surface area contributed by atoms with Gasteiger partial charge in [0.25, 0.3) is 0 Å². The van der Waals surface area contributed by atoms with Crippen LogP contribution >= 0.6 is 0 Å². The molecule has 0 radical (unpaired) electrons. The number of benzene rings is 2. The number of morpholine rings is 1. The zero-order chi connectivity index (χ0) is 30.5. The van der Waals surface area contributed by atoms with Crippen molar-refractivity contribution in [3.05, 3.63) is 89.7 Å². The van der Waals surface area contributed by atoms with Crippen molar-refractivity contribution in [1.29, 1.82) is 0 Å². The van der Waals surface area contributed by atoms with Crippen LogP contribution < -0.4 is 4.90 Å². The number of carbonyl (C=O) groups is 2. The van der Waals surface area contributed by atoms with E-state index in [1.807, 2.05) is 35.2 Å². The SMILES string of the molecule is CC(c1ccc2nc(-c3ccncc3)ccc2c1)N(CC(=O)N1CCOCC1)c1cc(C(=O)O)ccc1CC1CCCCC1. The molecule has 1 unspecified atom stereocenters. The summed E-state index contributed by atoms with van der Waals surface area (Å²) in [5.41, 5.74) is 5.98. The van der Waals surface area contributed by atoms with Crippen molar-refractivity contribution in [3.63, 3.8) is 0 Å². The van der Waals surface area contributed by atoms with E-state index >= 15 is 0 Å². The highest BCUT2D eigenvalue weighted by Crippen LogP contribution is 2.36. The van der Waals surface area contributed by atoms with Crippen LogP contribution in [0.4, 0.5) is 5.69 Å². The van der Waals surface area contributed by atoms with Gasteiger partial charge in [0.15, 0.2) is 0 Å². The first kappa shape index (κ1) is 29.8. The number of anilines is 1. The summed E-state index contributed by atoms with van der Waals surface area (Å²) in [4.78, 5) is 38.8. The van der Waals surface area contributed by atoms with Gasteiger partial charge in [-0.25, -0.2) is 9.78 Å². The Hall–Kier alpha value is -4.30. The third-order valence-corrected chi connectivity index (χ3v) is 9.18. The van der Waals surface area contributed by atoms with E-state index in [1.165, 1.54) is 32.1 Å². The van der Waals surface area contributed by atoms with Gasteiger partial charge in [-0.05, 0) is 72.9 Å². The topological polar surface area (TPSA) is 95.9 Å². The average Bonchev–Trinajstić information content (AvgIpc) is 3.07. The van der Waals surface area contributed by atoms with Crippen LogP contribution in [0.15, 0.2) is 73.1 Å². The second-order valence-corrected chi connectivity index (χ2v) is 12.0. The molecule has 2 fully saturated rings. The number of hydrogen-bond acceptors (Lipinski definition) is 6. The number of carboxylic acids is 1. The molecule has 1 atom stereocenters. The normalized spacial score (nSPS) is 16.5. The fourth-order valence-electron chi connectivity index (χ4n) is 6.60. The second kappa shape index (κ2) is 13.6. The number of hydrogen-bond donors (Lipinski definition) is 1. The lowest BCUT2D eigenvalue weighted by Crippen LogP contribution is -2.46. The maximum atomic E-state index is 13.7. The average molecular weight is 593 g/mol. The number of amides is 1. The summed E-state index contributed by atoms with van der Waals surface area (Å²) in [6, 6.07) is 19.5. The Balaban J connectivity index is 1.37. The van der Waals surface area contributed by atoms with Gasteiger partial charge in [0.1, 0.15) is 0 Å². The van der Waals surface area contributed by atoms with Crippen LogP contribution in [0.5, 0.6) is 0 Å². The van der Waals surface area contributed by atoms with E-state index in [0.717, 1.165) is 45.4 Å². The lowest BCUT2D eigenvalue weighted by Gasteiger charge is -2.36. The number of nitrogens with zero attached hydrogens (tertiary/aromatic N) is 4. The van der Waals surface area contributed by atoms with E-state index in [2.05, 4.69) is 35.0 Å². The predicted octanol–water partition coefficient (Wildman–Crippen LogP) is 6.54. The van der Waals surface area contributed by atoms with Gasteiger partial charge in [-0.1, -0.05) is 50.3 Å². The minimum absolute atomic E-state index is 0.0222. The first-order valence-corrected chi connectivity index (χ1v) is 15.8. The molecule has 228 valence electrons. The molecule has 2 aromatic heterocycles. The highest BCUT2D eigenvalue weighted by molar-refractivity contribution is 5.90. The van der Waals surface area contributed by atoms with E-state index in [9.17, 15) is 14.7 Å². The standard InChI is InChI=1S/C36H40N4O4/c1-25(28-9-11-33-29(22-28)10-12-32(38-33)27-13-15-37-16-14-27)40(24-35(41)39-17-19-44-20-18-39)34-23-31(36(42)43)8-7-30(34)21-26-5-3-2-4-6-26/h7-16,22-23,25-26H,2-6,17-21,24H2,1H3,(H,42,43). The lowest BCUT2D eigenvalue weighted by atomic mass is 9.84. The molecule has 3 heterocycles. The third-order valence-electron chi connectivity index (χ3n) is 9.18. The van der Waals surface area contributed by atoms with Crippen molar-refractivity contribution in [2.45, 2.75) is 51.5 Å². The molecular weight excluding hydrogens is 552 g/mol. The van der Waals surface area contributed by atoms with Crippen molar-refractivity contribution in [2.24, 2.45) is 5.92 Å². The van der Waals surface area contributed by atoms with Crippen molar-refractivity contribution < 1.29 is 19.4 Å². The van der Waals surface area contributed by atoms with E-state index in [4.69, 9.17) is 9.72 Å². The summed E-state index contributed by atoms with van der Waals surface area (Å²) in [6.45, 7) is 4.44. The summed E-state index contributed by atoms with van der Waals surface area (Å²) < 4.78 is 5.50. The van der Waals surface area contributed by atoms with Gasteiger partial charge >= 0.3 is 5.97 Å². The molecule has 44 heavy (non-hydrogen) atoms. The largest absolute Gasteiger partial charge is 0.478 e. The molecule has 4 aromatic rings. The Labute approximate surface area is 258 Å². The van der Waals surface area contributed by atoms with Gasteiger partial charge in [0.05, 0.1) is 42.6 Å². The Bertz CT molecular complexity index is 1610. The Morgan fingerprint density at radius 2 is 1.75 bits per heavy atom. The quantitative estimate of drug-likeness (QED) is 0.236. The van der Waals surface area contributed by atoms with Gasteiger partial charge in [-0.3, -0.25) is 9.78 Å². The van der Waals surface area contributed by atoms with Crippen LogP contribution in [-0.2, 0) is 16.0 Å². The number of fused-ring (bicyclic) bond motifs is 1. The number of ether oxygens (including phenoxy) is 1. The summed E-state index contributed by atoms with van der Waals surface area (Å²) in [6.07, 6.45) is 10.5. The molecular formula is C36H40N4O4. The van der Waals surface area contributed by atoms with E-state index < -0.39 is 5.97 Å². The fourth-order valence-corrected chi connectivity index (χ4v) is 6.60. The summed E-state index contributed by atoms with van der Waals surface area (Å²) in [5, 5.41) is 11.0. The molecule has 0 bridgehead atoms. The summed E-state index contributed by atoms with van der Waals surface area (Å²) in [5.74, 6) is -0.384. The number of rotatable bonds is 9. The van der Waals surface area contributed by atoms with Gasteiger partial charge in [0.2, 0.25) is 5.91 Å². The maximum absolute atomic E-state index is 13.7. The third kappa shape index (κ3) is 6.76.